The minimum absolute atomic E-state index is 0.233. The number of fused-ring (bicyclic) bond motifs is 1. The number of hydrogen-bond acceptors (Lipinski definition) is 5. The maximum absolute atomic E-state index is 12.9. The van der Waals surface area contributed by atoms with Gasteiger partial charge in [-0.2, -0.15) is 4.31 Å². The van der Waals surface area contributed by atoms with Crippen LogP contribution in [0.2, 0.25) is 0 Å². The predicted molar refractivity (Wildman–Crippen MR) is 102 cm³/mol. The minimum Gasteiger partial charge on any atom is -0.276 e. The second kappa shape index (κ2) is 7.02. The lowest BCUT2D eigenvalue weighted by molar-refractivity contribution is 0.478. The number of pyridine rings is 1. The Bertz CT molecular complexity index is 1020. The summed E-state index contributed by atoms with van der Waals surface area (Å²) in [7, 11) is -3.52. The molecule has 1 aliphatic heterocycles. The fourth-order valence-electron chi connectivity index (χ4n) is 3.07. The molecule has 0 radical (unpaired) electrons. The van der Waals surface area contributed by atoms with E-state index in [2.05, 4.69) is 41.4 Å². The van der Waals surface area contributed by atoms with Crippen molar-refractivity contribution >= 4 is 27.4 Å². The van der Waals surface area contributed by atoms with E-state index >= 15 is 0 Å². The number of thioether (sulfide) groups is 1. The normalized spacial score (nSPS) is 15.7. The van der Waals surface area contributed by atoms with Gasteiger partial charge in [0.15, 0.2) is 10.8 Å². The van der Waals surface area contributed by atoms with Crippen molar-refractivity contribution in [3.8, 4) is 0 Å². The molecule has 0 aliphatic carbocycles. The van der Waals surface area contributed by atoms with Crippen LogP contribution in [0, 0.1) is 6.92 Å². The molecule has 1 aromatic carbocycles. The van der Waals surface area contributed by atoms with Gasteiger partial charge in [-0.1, -0.05) is 41.6 Å². The molecular weight excluding hydrogens is 368 g/mol. The first kappa shape index (κ1) is 17.5. The van der Waals surface area contributed by atoms with Gasteiger partial charge in [-0.15, -0.1) is 10.2 Å². The second-order valence-electron chi connectivity index (χ2n) is 6.43. The van der Waals surface area contributed by atoms with Gasteiger partial charge in [0.2, 0.25) is 10.0 Å². The van der Waals surface area contributed by atoms with Gasteiger partial charge < -0.3 is 0 Å². The van der Waals surface area contributed by atoms with Crippen molar-refractivity contribution in [2.24, 2.45) is 0 Å². The average Bonchev–Trinajstić information content (AvgIpc) is 3.31. The van der Waals surface area contributed by atoms with Crippen molar-refractivity contribution in [3.63, 3.8) is 0 Å². The van der Waals surface area contributed by atoms with Crippen LogP contribution >= 0.6 is 11.8 Å². The lowest BCUT2D eigenvalue weighted by atomic mass is 10.2. The topological polar surface area (TPSA) is 67.6 Å². The third kappa shape index (κ3) is 3.24. The number of aromatic nitrogens is 3. The van der Waals surface area contributed by atoms with Crippen LogP contribution in [0.4, 0.5) is 0 Å². The Labute approximate surface area is 157 Å². The zero-order valence-corrected chi connectivity index (χ0v) is 16.1. The molecule has 1 fully saturated rings. The Morgan fingerprint density at radius 3 is 2.54 bits per heavy atom. The first-order valence-electron chi connectivity index (χ1n) is 8.58. The highest BCUT2D eigenvalue weighted by Gasteiger charge is 2.30. The summed E-state index contributed by atoms with van der Waals surface area (Å²) in [5.41, 5.74) is 2.81. The summed E-state index contributed by atoms with van der Waals surface area (Å²) >= 11 is 1.55. The molecule has 136 valence electrons. The van der Waals surface area contributed by atoms with Crippen molar-refractivity contribution in [2.45, 2.75) is 35.6 Å². The summed E-state index contributed by atoms with van der Waals surface area (Å²) in [6, 6.07) is 11.7. The van der Waals surface area contributed by atoms with Crippen LogP contribution < -0.4 is 0 Å². The SMILES string of the molecule is Cc1ccc(CSc2nnc3c(S(=O)(=O)N4CCCC4)cccn23)cc1. The molecule has 6 nitrogen and oxygen atoms in total. The molecular formula is C18H20N4O2S2. The van der Waals surface area contributed by atoms with Crippen molar-refractivity contribution in [2.75, 3.05) is 13.1 Å². The van der Waals surface area contributed by atoms with E-state index in [9.17, 15) is 8.42 Å². The van der Waals surface area contributed by atoms with Gasteiger partial charge in [-0.3, -0.25) is 4.40 Å². The van der Waals surface area contributed by atoms with E-state index < -0.39 is 10.0 Å². The van der Waals surface area contributed by atoms with Crippen LogP contribution in [-0.4, -0.2) is 40.4 Å². The van der Waals surface area contributed by atoms with E-state index in [1.807, 2.05) is 6.20 Å². The summed E-state index contributed by atoms with van der Waals surface area (Å²) in [6.45, 7) is 3.21. The monoisotopic (exact) mass is 388 g/mol. The van der Waals surface area contributed by atoms with Crippen molar-refractivity contribution < 1.29 is 8.42 Å². The summed E-state index contributed by atoms with van der Waals surface area (Å²) in [5, 5.41) is 9.08. The highest BCUT2D eigenvalue weighted by atomic mass is 32.2. The van der Waals surface area contributed by atoms with Crippen LogP contribution in [0.5, 0.6) is 0 Å². The lowest BCUT2D eigenvalue weighted by Crippen LogP contribution is -2.28. The molecule has 0 amide bonds. The summed E-state index contributed by atoms with van der Waals surface area (Å²) < 4.78 is 29.1. The number of hydrogen-bond donors (Lipinski definition) is 0. The molecule has 4 rings (SSSR count). The standard InChI is InChI=1S/C18H20N4O2S2/c1-14-6-8-15(9-7-14)13-25-18-20-19-17-16(5-4-12-22(17)18)26(23,24)21-10-2-3-11-21/h4-9,12H,2-3,10-11,13H2,1H3. The van der Waals surface area contributed by atoms with Crippen LogP contribution in [0.15, 0.2) is 52.6 Å². The van der Waals surface area contributed by atoms with Gasteiger partial charge in [0.25, 0.3) is 0 Å². The molecule has 8 heteroatoms. The van der Waals surface area contributed by atoms with Gasteiger partial charge in [-0.05, 0) is 37.5 Å². The summed E-state index contributed by atoms with van der Waals surface area (Å²) in [5.74, 6) is 0.754. The first-order chi connectivity index (χ1) is 12.6. The molecule has 0 atom stereocenters. The zero-order chi connectivity index (χ0) is 18.1. The fraction of sp³-hybridized carbons (Fsp3) is 0.333. The molecule has 0 saturated carbocycles. The molecule has 3 aromatic rings. The van der Waals surface area contributed by atoms with Gasteiger partial charge in [0, 0.05) is 25.0 Å². The highest BCUT2D eigenvalue weighted by Crippen LogP contribution is 2.27. The Kier molecular flexibility index (Phi) is 4.73. The smallest absolute Gasteiger partial charge is 0.246 e. The summed E-state index contributed by atoms with van der Waals surface area (Å²) in [4.78, 5) is 0.233. The number of rotatable bonds is 5. The highest BCUT2D eigenvalue weighted by molar-refractivity contribution is 7.98. The quantitative estimate of drug-likeness (QED) is 0.628. The second-order valence-corrected chi connectivity index (χ2v) is 9.28. The largest absolute Gasteiger partial charge is 0.276 e. The van der Waals surface area contributed by atoms with Crippen LogP contribution in [0.3, 0.4) is 0 Å². The van der Waals surface area contributed by atoms with Crippen molar-refractivity contribution in [3.05, 3.63) is 53.7 Å². The van der Waals surface area contributed by atoms with Gasteiger partial charge in [-0.25, -0.2) is 8.42 Å². The van der Waals surface area contributed by atoms with Crippen LogP contribution in [-0.2, 0) is 15.8 Å². The maximum atomic E-state index is 12.9. The first-order valence-corrected chi connectivity index (χ1v) is 11.0. The lowest BCUT2D eigenvalue weighted by Gasteiger charge is -2.15. The fourth-order valence-corrected chi connectivity index (χ4v) is 5.58. The van der Waals surface area contributed by atoms with Crippen LogP contribution in [0.1, 0.15) is 24.0 Å². The third-order valence-corrected chi connectivity index (χ3v) is 7.47. The van der Waals surface area contributed by atoms with E-state index in [4.69, 9.17) is 0 Å². The average molecular weight is 389 g/mol. The Morgan fingerprint density at radius 1 is 1.08 bits per heavy atom. The van der Waals surface area contributed by atoms with Crippen molar-refractivity contribution in [1.29, 1.82) is 0 Å². The molecule has 0 unspecified atom stereocenters. The minimum atomic E-state index is -3.52. The molecule has 3 heterocycles. The molecule has 0 N–H and O–H groups in total. The van der Waals surface area contributed by atoms with E-state index in [0.29, 0.717) is 23.9 Å². The molecule has 0 spiro atoms. The molecule has 0 bridgehead atoms. The molecule has 1 saturated heterocycles. The number of benzene rings is 1. The van der Waals surface area contributed by atoms with E-state index in [0.717, 1.165) is 18.6 Å². The Hall–Kier alpha value is -1.90. The van der Waals surface area contributed by atoms with E-state index in [1.54, 1.807) is 28.3 Å². The van der Waals surface area contributed by atoms with Gasteiger partial charge >= 0.3 is 0 Å². The maximum Gasteiger partial charge on any atom is 0.246 e. The van der Waals surface area contributed by atoms with E-state index in [-0.39, 0.29) is 4.90 Å². The third-order valence-electron chi connectivity index (χ3n) is 4.54. The summed E-state index contributed by atoms with van der Waals surface area (Å²) in [6.07, 6.45) is 3.63. The predicted octanol–water partition coefficient (Wildman–Crippen LogP) is 3.11. The van der Waals surface area contributed by atoms with Crippen LogP contribution in [0.25, 0.3) is 5.65 Å². The van der Waals surface area contributed by atoms with Gasteiger partial charge in [0.05, 0.1) is 0 Å². The van der Waals surface area contributed by atoms with Gasteiger partial charge in [0.1, 0.15) is 4.90 Å². The Balaban J connectivity index is 1.63. The van der Waals surface area contributed by atoms with Crippen molar-refractivity contribution in [1.82, 2.24) is 18.9 Å². The number of nitrogens with zero attached hydrogens (tertiary/aromatic N) is 4. The number of aryl methyl sites for hydroxylation is 1. The molecule has 26 heavy (non-hydrogen) atoms. The molecule has 1 aliphatic rings. The van der Waals surface area contributed by atoms with E-state index in [1.165, 1.54) is 15.4 Å². The number of sulfonamides is 1. The molecule has 2 aromatic heterocycles. The zero-order valence-electron chi connectivity index (χ0n) is 14.5. The Morgan fingerprint density at radius 2 is 1.81 bits per heavy atom.